The van der Waals surface area contributed by atoms with E-state index in [0.29, 0.717) is 0 Å². The third-order valence-electron chi connectivity index (χ3n) is 2.37. The van der Waals surface area contributed by atoms with Gasteiger partial charge in [0.1, 0.15) is 5.60 Å². The zero-order valence-electron chi connectivity index (χ0n) is 6.43. The molecule has 0 amide bonds. The van der Waals surface area contributed by atoms with Crippen LogP contribution in [0.15, 0.2) is 0 Å². The molecule has 0 unspecified atom stereocenters. The van der Waals surface area contributed by atoms with Gasteiger partial charge in [-0.15, -0.1) is 6.42 Å². The quantitative estimate of drug-likeness (QED) is 0.504. The van der Waals surface area contributed by atoms with Crippen molar-refractivity contribution in [3.05, 3.63) is 0 Å². The second kappa shape index (κ2) is 2.64. The fraction of sp³-hybridized carbons (Fsp3) is 0.778. The minimum Gasteiger partial charge on any atom is -0.378 e. The van der Waals surface area contributed by atoms with E-state index in [9.17, 15) is 5.11 Å². The molecule has 0 radical (unpaired) electrons. The van der Waals surface area contributed by atoms with Crippen LogP contribution in [0.1, 0.15) is 32.6 Å². The van der Waals surface area contributed by atoms with Gasteiger partial charge < -0.3 is 5.11 Å². The average molecular weight is 138 g/mol. The Balaban J connectivity index is 2.48. The SMILES string of the molecule is C#C[C@]1(O)CC[C@H](C)CC1. The van der Waals surface area contributed by atoms with Gasteiger partial charge in [-0.25, -0.2) is 0 Å². The van der Waals surface area contributed by atoms with E-state index < -0.39 is 5.60 Å². The van der Waals surface area contributed by atoms with Crippen molar-refractivity contribution in [2.24, 2.45) is 5.92 Å². The molecule has 1 aliphatic rings. The molecule has 0 saturated heterocycles. The Morgan fingerprint density at radius 2 is 2.00 bits per heavy atom. The Labute approximate surface area is 62.4 Å². The van der Waals surface area contributed by atoms with Crippen molar-refractivity contribution in [1.82, 2.24) is 0 Å². The van der Waals surface area contributed by atoms with Gasteiger partial charge in [-0.3, -0.25) is 0 Å². The third kappa shape index (κ3) is 1.52. The molecule has 0 aromatic rings. The molecule has 0 aliphatic heterocycles. The highest BCUT2D eigenvalue weighted by molar-refractivity contribution is 5.08. The minimum absolute atomic E-state index is 0.744. The van der Waals surface area contributed by atoms with Gasteiger partial charge >= 0.3 is 0 Å². The Morgan fingerprint density at radius 3 is 2.40 bits per heavy atom. The summed E-state index contributed by atoms with van der Waals surface area (Å²) in [7, 11) is 0. The molecule has 1 rings (SSSR count). The topological polar surface area (TPSA) is 20.2 Å². The molecule has 56 valence electrons. The standard InChI is InChI=1S/C9H14O/c1-3-9(10)6-4-8(2)5-7-9/h1,8,10H,4-7H2,2H3/t8-,9-. The molecule has 1 nitrogen and oxygen atoms in total. The van der Waals surface area contributed by atoms with Crippen molar-refractivity contribution in [3.8, 4) is 12.3 Å². The monoisotopic (exact) mass is 138 g/mol. The smallest absolute Gasteiger partial charge is 0.125 e. The van der Waals surface area contributed by atoms with Crippen molar-refractivity contribution in [3.63, 3.8) is 0 Å². The molecular formula is C9H14O. The lowest BCUT2D eigenvalue weighted by atomic mass is 9.80. The molecular weight excluding hydrogens is 124 g/mol. The first-order valence-corrected chi connectivity index (χ1v) is 3.86. The second-order valence-electron chi connectivity index (χ2n) is 3.36. The van der Waals surface area contributed by atoms with Gasteiger partial charge in [0.05, 0.1) is 0 Å². The number of hydrogen-bond acceptors (Lipinski definition) is 1. The van der Waals surface area contributed by atoms with Gasteiger partial charge in [-0.05, 0) is 31.6 Å². The molecule has 1 fully saturated rings. The lowest BCUT2D eigenvalue weighted by molar-refractivity contribution is 0.0472. The number of aliphatic hydroxyl groups is 1. The summed E-state index contributed by atoms with van der Waals surface area (Å²) in [4.78, 5) is 0. The molecule has 10 heavy (non-hydrogen) atoms. The van der Waals surface area contributed by atoms with Crippen LogP contribution >= 0.6 is 0 Å². The predicted octanol–water partition coefficient (Wildman–Crippen LogP) is 1.56. The van der Waals surface area contributed by atoms with Crippen LogP contribution in [0.5, 0.6) is 0 Å². The Morgan fingerprint density at radius 1 is 1.50 bits per heavy atom. The lowest BCUT2D eigenvalue weighted by Crippen LogP contribution is -2.31. The molecule has 0 aromatic carbocycles. The Kier molecular flexibility index (Phi) is 2.01. The molecule has 0 atom stereocenters. The maximum Gasteiger partial charge on any atom is 0.125 e. The van der Waals surface area contributed by atoms with Gasteiger partial charge in [-0.2, -0.15) is 0 Å². The minimum atomic E-state index is -0.771. The van der Waals surface area contributed by atoms with Crippen molar-refractivity contribution in [2.75, 3.05) is 0 Å². The van der Waals surface area contributed by atoms with E-state index in [2.05, 4.69) is 12.8 Å². The predicted molar refractivity (Wildman–Crippen MR) is 41.4 cm³/mol. The van der Waals surface area contributed by atoms with E-state index in [1.807, 2.05) is 0 Å². The van der Waals surface area contributed by atoms with E-state index in [-0.39, 0.29) is 0 Å². The van der Waals surface area contributed by atoms with Crippen molar-refractivity contribution < 1.29 is 5.11 Å². The highest BCUT2D eigenvalue weighted by atomic mass is 16.3. The zero-order chi connectivity index (χ0) is 7.61. The van der Waals surface area contributed by atoms with E-state index in [0.717, 1.165) is 31.6 Å². The summed E-state index contributed by atoms with van der Waals surface area (Å²) >= 11 is 0. The van der Waals surface area contributed by atoms with Gasteiger partial charge in [0.2, 0.25) is 0 Å². The summed E-state index contributed by atoms with van der Waals surface area (Å²) in [6.45, 7) is 2.20. The maximum absolute atomic E-state index is 9.56. The van der Waals surface area contributed by atoms with E-state index >= 15 is 0 Å². The summed E-state index contributed by atoms with van der Waals surface area (Å²) in [5.41, 5.74) is -0.771. The molecule has 0 aromatic heterocycles. The van der Waals surface area contributed by atoms with Gasteiger partial charge in [-0.1, -0.05) is 12.8 Å². The van der Waals surface area contributed by atoms with Crippen LogP contribution in [-0.2, 0) is 0 Å². The first kappa shape index (κ1) is 7.63. The first-order chi connectivity index (χ1) is 4.66. The largest absolute Gasteiger partial charge is 0.378 e. The number of rotatable bonds is 0. The normalized spacial score (nSPS) is 40.7. The molecule has 0 bridgehead atoms. The van der Waals surface area contributed by atoms with E-state index in [1.165, 1.54) is 0 Å². The summed E-state index contributed by atoms with van der Waals surface area (Å²) in [6.07, 6.45) is 8.89. The van der Waals surface area contributed by atoms with Crippen LogP contribution < -0.4 is 0 Å². The second-order valence-corrected chi connectivity index (χ2v) is 3.36. The molecule has 1 aliphatic carbocycles. The van der Waals surface area contributed by atoms with Gasteiger partial charge in [0, 0.05) is 0 Å². The zero-order valence-corrected chi connectivity index (χ0v) is 6.43. The summed E-state index contributed by atoms with van der Waals surface area (Å²) in [6, 6.07) is 0. The van der Waals surface area contributed by atoms with Crippen LogP contribution in [0, 0.1) is 18.3 Å². The van der Waals surface area contributed by atoms with Crippen LogP contribution in [0.2, 0.25) is 0 Å². The van der Waals surface area contributed by atoms with Gasteiger partial charge in [0.15, 0.2) is 0 Å². The Hall–Kier alpha value is -0.480. The van der Waals surface area contributed by atoms with Crippen LogP contribution in [0.3, 0.4) is 0 Å². The first-order valence-electron chi connectivity index (χ1n) is 3.86. The average Bonchev–Trinajstić information content (AvgIpc) is 1.96. The number of hydrogen-bond donors (Lipinski definition) is 1. The van der Waals surface area contributed by atoms with Crippen LogP contribution in [-0.4, -0.2) is 10.7 Å². The summed E-state index contributed by atoms with van der Waals surface area (Å²) in [5, 5.41) is 9.56. The summed E-state index contributed by atoms with van der Waals surface area (Å²) < 4.78 is 0. The maximum atomic E-state index is 9.56. The molecule has 1 saturated carbocycles. The van der Waals surface area contributed by atoms with Crippen LogP contribution in [0.25, 0.3) is 0 Å². The van der Waals surface area contributed by atoms with Gasteiger partial charge in [0.25, 0.3) is 0 Å². The lowest BCUT2D eigenvalue weighted by Gasteiger charge is -2.30. The fourth-order valence-corrected chi connectivity index (χ4v) is 1.38. The highest BCUT2D eigenvalue weighted by Gasteiger charge is 2.29. The van der Waals surface area contributed by atoms with Crippen LogP contribution in [0.4, 0.5) is 0 Å². The number of terminal acetylenes is 1. The molecule has 0 heterocycles. The van der Waals surface area contributed by atoms with E-state index in [1.54, 1.807) is 0 Å². The van der Waals surface area contributed by atoms with Crippen molar-refractivity contribution in [2.45, 2.75) is 38.2 Å². The summed E-state index contributed by atoms with van der Waals surface area (Å²) in [5.74, 6) is 3.20. The van der Waals surface area contributed by atoms with E-state index in [4.69, 9.17) is 6.42 Å². The fourth-order valence-electron chi connectivity index (χ4n) is 1.38. The van der Waals surface area contributed by atoms with Crippen molar-refractivity contribution >= 4 is 0 Å². The highest BCUT2D eigenvalue weighted by Crippen LogP contribution is 2.30. The molecule has 0 spiro atoms. The van der Waals surface area contributed by atoms with Crippen molar-refractivity contribution in [1.29, 1.82) is 0 Å². The Bertz CT molecular complexity index is 147. The molecule has 1 N–H and O–H groups in total. The third-order valence-corrected chi connectivity index (χ3v) is 2.37. The molecule has 1 heteroatoms.